The largest absolute Gasteiger partial charge is 0.382 e. The predicted molar refractivity (Wildman–Crippen MR) is 87.7 cm³/mol. The fraction of sp³-hybridized carbons (Fsp3) is 0.444. The van der Waals surface area contributed by atoms with Crippen molar-refractivity contribution in [2.45, 2.75) is 26.0 Å². The second-order valence-electron chi connectivity index (χ2n) is 5.28. The van der Waals surface area contributed by atoms with E-state index in [0.29, 0.717) is 13.2 Å². The molecular weight excluding hydrogens is 262 g/mol. The van der Waals surface area contributed by atoms with Crippen molar-refractivity contribution in [3.05, 3.63) is 48.0 Å². The summed E-state index contributed by atoms with van der Waals surface area (Å²) in [6.07, 6.45) is 0.103. The summed E-state index contributed by atoms with van der Waals surface area (Å²) in [5, 5.41) is 6.08. The lowest BCUT2D eigenvalue weighted by atomic mass is 9.99. The molecule has 3 nitrogen and oxygen atoms in total. The maximum absolute atomic E-state index is 5.91. The van der Waals surface area contributed by atoms with Gasteiger partial charge in [0.25, 0.3) is 0 Å². The van der Waals surface area contributed by atoms with Crippen molar-refractivity contribution in [2.24, 2.45) is 0 Å². The Kier molecular flexibility index (Phi) is 6.18. The van der Waals surface area contributed by atoms with Gasteiger partial charge in [0.15, 0.2) is 0 Å². The van der Waals surface area contributed by atoms with E-state index in [4.69, 9.17) is 9.47 Å². The molecule has 0 spiro atoms. The summed E-state index contributed by atoms with van der Waals surface area (Å²) >= 11 is 0. The van der Waals surface area contributed by atoms with E-state index in [1.54, 1.807) is 7.11 Å². The molecule has 0 heterocycles. The third kappa shape index (κ3) is 4.27. The molecule has 3 heteroatoms. The van der Waals surface area contributed by atoms with Crippen molar-refractivity contribution in [1.82, 2.24) is 5.32 Å². The van der Waals surface area contributed by atoms with E-state index in [1.165, 1.54) is 16.3 Å². The van der Waals surface area contributed by atoms with Gasteiger partial charge in [0.1, 0.15) is 0 Å². The molecule has 0 aliphatic rings. The van der Waals surface area contributed by atoms with Crippen LogP contribution in [0.2, 0.25) is 0 Å². The minimum atomic E-state index is 0.103. The summed E-state index contributed by atoms with van der Waals surface area (Å²) < 4.78 is 11.0. The van der Waals surface area contributed by atoms with Crippen molar-refractivity contribution < 1.29 is 9.47 Å². The minimum absolute atomic E-state index is 0.103. The number of fused-ring (bicyclic) bond motifs is 1. The van der Waals surface area contributed by atoms with Gasteiger partial charge in [0.2, 0.25) is 0 Å². The Morgan fingerprint density at radius 2 is 1.81 bits per heavy atom. The van der Waals surface area contributed by atoms with Crippen molar-refractivity contribution in [3.8, 4) is 0 Å². The third-order valence-corrected chi connectivity index (χ3v) is 3.60. The molecule has 2 atom stereocenters. The van der Waals surface area contributed by atoms with Crippen LogP contribution in [0.15, 0.2) is 42.5 Å². The van der Waals surface area contributed by atoms with Crippen LogP contribution >= 0.6 is 0 Å². The molecule has 2 aromatic carbocycles. The highest BCUT2D eigenvalue weighted by atomic mass is 16.5. The van der Waals surface area contributed by atoms with Gasteiger partial charge in [-0.1, -0.05) is 49.4 Å². The fourth-order valence-electron chi connectivity index (χ4n) is 2.60. The van der Waals surface area contributed by atoms with Crippen molar-refractivity contribution in [2.75, 3.05) is 26.9 Å². The van der Waals surface area contributed by atoms with Crippen LogP contribution in [0.1, 0.15) is 25.5 Å². The van der Waals surface area contributed by atoms with Crippen LogP contribution in [0.25, 0.3) is 10.8 Å². The quantitative estimate of drug-likeness (QED) is 0.805. The lowest BCUT2D eigenvalue weighted by Gasteiger charge is -2.22. The van der Waals surface area contributed by atoms with Gasteiger partial charge in [0.05, 0.1) is 25.4 Å². The van der Waals surface area contributed by atoms with Crippen LogP contribution in [-0.4, -0.2) is 33.0 Å². The first kappa shape index (κ1) is 16.0. The average Bonchev–Trinajstić information content (AvgIpc) is 2.51. The zero-order chi connectivity index (χ0) is 15.1. The van der Waals surface area contributed by atoms with Crippen molar-refractivity contribution in [1.29, 1.82) is 0 Å². The van der Waals surface area contributed by atoms with Crippen molar-refractivity contribution >= 4 is 10.8 Å². The van der Waals surface area contributed by atoms with Crippen LogP contribution in [0.5, 0.6) is 0 Å². The predicted octanol–water partition coefficient (Wildman–Crippen LogP) is 3.54. The normalized spacial score (nSPS) is 14.2. The molecule has 0 aliphatic heterocycles. The summed E-state index contributed by atoms with van der Waals surface area (Å²) in [6.45, 7) is 6.34. The zero-order valence-corrected chi connectivity index (χ0v) is 13.1. The van der Waals surface area contributed by atoms with Crippen LogP contribution in [-0.2, 0) is 9.47 Å². The third-order valence-electron chi connectivity index (χ3n) is 3.60. The number of benzene rings is 2. The number of likely N-dealkylation sites (N-methyl/N-ethyl adjacent to an activating group) is 1. The Morgan fingerprint density at radius 1 is 1.05 bits per heavy atom. The molecule has 0 radical (unpaired) electrons. The van der Waals surface area contributed by atoms with Gasteiger partial charge < -0.3 is 14.8 Å². The molecule has 21 heavy (non-hydrogen) atoms. The summed E-state index contributed by atoms with van der Waals surface area (Å²) in [6, 6.07) is 15.1. The molecule has 2 aromatic rings. The number of ether oxygens (including phenoxy) is 2. The van der Waals surface area contributed by atoms with E-state index in [1.807, 2.05) is 6.92 Å². The monoisotopic (exact) mass is 287 g/mol. The van der Waals surface area contributed by atoms with Crippen LogP contribution in [0.4, 0.5) is 0 Å². The molecular formula is C18H25NO2. The van der Waals surface area contributed by atoms with Crippen LogP contribution in [0.3, 0.4) is 0 Å². The molecule has 0 fully saturated rings. The maximum Gasteiger partial charge on any atom is 0.0781 e. The first-order valence-electron chi connectivity index (χ1n) is 7.57. The van der Waals surface area contributed by atoms with Crippen LogP contribution in [0, 0.1) is 0 Å². The molecule has 0 bridgehead atoms. The molecule has 1 N–H and O–H groups in total. The van der Waals surface area contributed by atoms with E-state index in [0.717, 1.165) is 6.54 Å². The van der Waals surface area contributed by atoms with Gasteiger partial charge in [-0.05, 0) is 29.8 Å². The second kappa shape index (κ2) is 8.13. The SMILES string of the molecule is CCNC(COC(C)COC)c1cccc2ccccc12. The van der Waals surface area contributed by atoms with E-state index < -0.39 is 0 Å². The second-order valence-corrected chi connectivity index (χ2v) is 5.28. The lowest BCUT2D eigenvalue weighted by Crippen LogP contribution is -2.28. The molecule has 0 saturated carbocycles. The van der Waals surface area contributed by atoms with E-state index in [9.17, 15) is 0 Å². The fourth-order valence-corrected chi connectivity index (χ4v) is 2.60. The lowest BCUT2D eigenvalue weighted by molar-refractivity contribution is -0.000243. The number of hydrogen-bond acceptors (Lipinski definition) is 3. The molecule has 0 amide bonds. The molecule has 2 rings (SSSR count). The van der Waals surface area contributed by atoms with E-state index in [-0.39, 0.29) is 12.1 Å². The topological polar surface area (TPSA) is 30.5 Å². The van der Waals surface area contributed by atoms with E-state index in [2.05, 4.69) is 54.7 Å². The number of methoxy groups -OCH3 is 1. The number of rotatable bonds is 8. The first-order chi connectivity index (χ1) is 10.3. The van der Waals surface area contributed by atoms with Crippen molar-refractivity contribution in [3.63, 3.8) is 0 Å². The van der Waals surface area contributed by atoms with Gasteiger partial charge >= 0.3 is 0 Å². The Labute approximate surface area is 127 Å². The summed E-state index contributed by atoms with van der Waals surface area (Å²) in [5.74, 6) is 0. The smallest absolute Gasteiger partial charge is 0.0781 e. The average molecular weight is 287 g/mol. The Morgan fingerprint density at radius 3 is 2.57 bits per heavy atom. The summed E-state index contributed by atoms with van der Waals surface area (Å²) in [4.78, 5) is 0. The molecule has 114 valence electrons. The number of nitrogens with one attached hydrogen (secondary N) is 1. The first-order valence-corrected chi connectivity index (χ1v) is 7.57. The zero-order valence-electron chi connectivity index (χ0n) is 13.1. The van der Waals surface area contributed by atoms with Gasteiger partial charge in [0, 0.05) is 7.11 Å². The number of hydrogen-bond donors (Lipinski definition) is 1. The Bertz CT molecular complexity index is 550. The van der Waals surface area contributed by atoms with Gasteiger partial charge in [-0.2, -0.15) is 0 Å². The highest BCUT2D eigenvalue weighted by Gasteiger charge is 2.15. The standard InChI is InChI=1S/C18H25NO2/c1-4-19-18(13-21-14(2)12-20-3)17-11-7-9-15-8-5-6-10-16(15)17/h5-11,14,18-19H,4,12-13H2,1-3H3. The molecule has 0 aromatic heterocycles. The van der Waals surface area contributed by atoms with Gasteiger partial charge in [-0.15, -0.1) is 0 Å². The Hall–Kier alpha value is -1.42. The maximum atomic E-state index is 5.91. The minimum Gasteiger partial charge on any atom is -0.382 e. The highest BCUT2D eigenvalue weighted by molar-refractivity contribution is 5.86. The summed E-state index contributed by atoms with van der Waals surface area (Å²) in [5.41, 5.74) is 1.29. The molecule has 0 aliphatic carbocycles. The van der Waals surface area contributed by atoms with Gasteiger partial charge in [-0.3, -0.25) is 0 Å². The molecule has 2 unspecified atom stereocenters. The summed E-state index contributed by atoms with van der Waals surface area (Å²) in [7, 11) is 1.70. The molecule has 0 saturated heterocycles. The van der Waals surface area contributed by atoms with E-state index >= 15 is 0 Å². The van der Waals surface area contributed by atoms with Crippen LogP contribution < -0.4 is 5.32 Å². The highest BCUT2D eigenvalue weighted by Crippen LogP contribution is 2.24. The Balaban J connectivity index is 2.19. The van der Waals surface area contributed by atoms with Gasteiger partial charge in [-0.25, -0.2) is 0 Å².